The Balaban J connectivity index is 1.89. The van der Waals surface area contributed by atoms with Crippen LogP contribution in [0.4, 0.5) is 0 Å². The molecule has 1 saturated heterocycles. The third-order valence-corrected chi connectivity index (χ3v) is 7.66. The summed E-state index contributed by atoms with van der Waals surface area (Å²) in [4.78, 5) is 14.8. The fraction of sp³-hybridized carbons (Fsp3) is 0.375. The molecule has 0 bridgehead atoms. The molecule has 9 heteroatoms. The van der Waals surface area contributed by atoms with Gasteiger partial charge in [0.15, 0.2) is 0 Å². The van der Waals surface area contributed by atoms with Gasteiger partial charge in [-0.1, -0.05) is 29.8 Å². The number of hydrogen-bond donors (Lipinski definition) is 0. The van der Waals surface area contributed by atoms with E-state index >= 15 is 0 Å². The summed E-state index contributed by atoms with van der Waals surface area (Å²) in [5, 5.41) is 0.0729. The Morgan fingerprint density at radius 2 is 1.85 bits per heavy atom. The van der Waals surface area contributed by atoms with Gasteiger partial charge in [0.2, 0.25) is 10.0 Å². The van der Waals surface area contributed by atoms with E-state index < -0.39 is 10.0 Å². The summed E-state index contributed by atoms with van der Waals surface area (Å²) in [7, 11) is -2.31. The molecule has 7 nitrogen and oxygen atoms in total. The van der Waals surface area contributed by atoms with Crippen molar-refractivity contribution in [2.24, 2.45) is 0 Å². The van der Waals surface area contributed by atoms with Crippen LogP contribution in [0.2, 0.25) is 5.02 Å². The first-order valence-corrected chi connectivity index (χ1v) is 12.5. The summed E-state index contributed by atoms with van der Waals surface area (Å²) in [6.07, 6.45) is 1.16. The number of carbonyl (C=O) groups excluding carboxylic acids is 1. The van der Waals surface area contributed by atoms with Crippen molar-refractivity contribution in [3.05, 3.63) is 71.3 Å². The molecule has 1 aliphatic rings. The van der Waals surface area contributed by atoms with Gasteiger partial charge in [0.05, 0.1) is 24.3 Å². The highest BCUT2D eigenvalue weighted by Crippen LogP contribution is 2.29. The van der Waals surface area contributed by atoms with Gasteiger partial charge in [0.25, 0.3) is 5.91 Å². The highest BCUT2D eigenvalue weighted by atomic mass is 35.5. The lowest BCUT2D eigenvalue weighted by atomic mass is 10.1. The van der Waals surface area contributed by atoms with Gasteiger partial charge < -0.3 is 14.4 Å². The minimum absolute atomic E-state index is 0.0729. The lowest BCUT2D eigenvalue weighted by Gasteiger charge is -2.34. The van der Waals surface area contributed by atoms with Crippen LogP contribution in [0.1, 0.15) is 29.8 Å². The molecule has 0 aliphatic carbocycles. The van der Waals surface area contributed by atoms with E-state index in [1.54, 1.807) is 24.2 Å². The molecule has 2 aromatic rings. The maximum atomic E-state index is 13.4. The zero-order valence-corrected chi connectivity index (χ0v) is 20.6. The van der Waals surface area contributed by atoms with Crippen molar-refractivity contribution >= 4 is 27.5 Å². The lowest BCUT2D eigenvalue weighted by Crippen LogP contribution is -2.48. The minimum Gasteiger partial charge on any atom is -0.497 e. The quantitative estimate of drug-likeness (QED) is 0.521. The summed E-state index contributed by atoms with van der Waals surface area (Å²) >= 11 is 6.29. The third kappa shape index (κ3) is 5.95. The predicted molar refractivity (Wildman–Crippen MR) is 128 cm³/mol. The van der Waals surface area contributed by atoms with Gasteiger partial charge in [-0.15, -0.1) is 6.58 Å². The number of methoxy groups -OCH3 is 1. The maximum absolute atomic E-state index is 13.4. The monoisotopic (exact) mass is 492 g/mol. The van der Waals surface area contributed by atoms with Crippen LogP contribution in [0.3, 0.4) is 0 Å². The molecule has 178 valence electrons. The summed E-state index contributed by atoms with van der Waals surface area (Å²) < 4.78 is 38.9. The van der Waals surface area contributed by atoms with Crippen molar-refractivity contribution in [1.82, 2.24) is 9.21 Å². The average Bonchev–Trinajstić information content (AvgIpc) is 2.78. The number of nitrogens with zero attached hydrogens (tertiary/aromatic N) is 2. The van der Waals surface area contributed by atoms with Crippen LogP contribution in [0, 0.1) is 0 Å². The highest BCUT2D eigenvalue weighted by molar-refractivity contribution is 7.89. The summed E-state index contributed by atoms with van der Waals surface area (Å²) in [5.74, 6) is 0.405. The van der Waals surface area contributed by atoms with Crippen molar-refractivity contribution in [3.8, 4) is 5.75 Å². The molecule has 1 amide bonds. The van der Waals surface area contributed by atoms with Crippen LogP contribution in [-0.4, -0.2) is 62.5 Å². The molecular weight excluding hydrogens is 464 g/mol. The number of rotatable bonds is 8. The number of sulfonamides is 1. The van der Waals surface area contributed by atoms with Crippen molar-refractivity contribution < 1.29 is 22.7 Å². The maximum Gasteiger partial charge on any atom is 0.254 e. The number of benzene rings is 2. The van der Waals surface area contributed by atoms with Gasteiger partial charge in [0.1, 0.15) is 10.6 Å². The molecule has 0 spiro atoms. The highest BCUT2D eigenvalue weighted by Gasteiger charge is 2.34. The molecule has 0 aromatic heterocycles. The molecule has 3 rings (SSSR count). The van der Waals surface area contributed by atoms with Gasteiger partial charge in [-0.3, -0.25) is 4.79 Å². The van der Waals surface area contributed by atoms with Crippen LogP contribution in [0.15, 0.2) is 60.0 Å². The fourth-order valence-electron chi connectivity index (χ4n) is 3.81. The van der Waals surface area contributed by atoms with Crippen LogP contribution in [0.5, 0.6) is 5.75 Å². The number of hydrogen-bond acceptors (Lipinski definition) is 5. The first-order valence-electron chi connectivity index (χ1n) is 10.6. The second-order valence-corrected chi connectivity index (χ2v) is 10.4. The minimum atomic E-state index is -3.90. The van der Waals surface area contributed by atoms with Crippen LogP contribution in [0.25, 0.3) is 0 Å². The number of ether oxygens (including phenoxy) is 2. The largest absolute Gasteiger partial charge is 0.497 e. The molecule has 0 N–H and O–H groups in total. The molecule has 1 aliphatic heterocycles. The van der Waals surface area contributed by atoms with E-state index in [-0.39, 0.29) is 46.7 Å². The average molecular weight is 493 g/mol. The molecule has 2 aromatic carbocycles. The normalized spacial score (nSPS) is 19.2. The van der Waals surface area contributed by atoms with E-state index in [0.717, 1.165) is 11.3 Å². The molecular formula is C24H29ClN2O5S. The predicted octanol–water partition coefficient (Wildman–Crippen LogP) is 3.97. The van der Waals surface area contributed by atoms with E-state index in [1.165, 1.54) is 16.4 Å². The van der Waals surface area contributed by atoms with Gasteiger partial charge >= 0.3 is 0 Å². The van der Waals surface area contributed by atoms with Gasteiger partial charge in [-0.25, -0.2) is 8.42 Å². The number of halogens is 1. The fourth-order valence-corrected chi connectivity index (χ4v) is 5.90. The second kappa shape index (κ2) is 10.7. The van der Waals surface area contributed by atoms with E-state index in [0.29, 0.717) is 13.1 Å². The van der Waals surface area contributed by atoms with Crippen molar-refractivity contribution in [2.45, 2.75) is 37.5 Å². The molecule has 1 fully saturated rings. The standard InChI is InChI=1S/C24H29ClN2O5S/c1-5-12-26(16-19-6-9-21(31-4)10-7-19)24(28)20-8-11-22(25)23(13-20)33(29,30)27-14-17(2)32-18(3)15-27/h5-11,13,17-18H,1,12,14-16H2,2-4H3. The molecule has 2 atom stereocenters. The molecule has 0 saturated carbocycles. The zero-order chi connectivity index (χ0) is 24.2. The second-order valence-electron chi connectivity index (χ2n) is 8.05. The Hall–Kier alpha value is -2.39. The summed E-state index contributed by atoms with van der Waals surface area (Å²) in [6.45, 7) is 8.47. The summed E-state index contributed by atoms with van der Waals surface area (Å²) in [5.41, 5.74) is 1.15. The summed E-state index contributed by atoms with van der Waals surface area (Å²) in [6, 6.07) is 11.7. The first-order chi connectivity index (χ1) is 15.6. The third-order valence-electron chi connectivity index (χ3n) is 5.35. The van der Waals surface area contributed by atoms with Gasteiger partial charge in [-0.2, -0.15) is 4.31 Å². The van der Waals surface area contributed by atoms with Crippen LogP contribution in [-0.2, 0) is 21.3 Å². The number of carbonyl (C=O) groups is 1. The van der Waals surface area contributed by atoms with E-state index in [2.05, 4.69) is 6.58 Å². The van der Waals surface area contributed by atoms with Crippen molar-refractivity contribution in [3.63, 3.8) is 0 Å². The Bertz CT molecular complexity index is 1090. The Morgan fingerprint density at radius 3 is 2.42 bits per heavy atom. The molecule has 33 heavy (non-hydrogen) atoms. The Kier molecular flexibility index (Phi) is 8.18. The Labute approximate surface area is 200 Å². The number of amides is 1. The zero-order valence-electron chi connectivity index (χ0n) is 19.0. The van der Waals surface area contributed by atoms with E-state index in [4.69, 9.17) is 21.1 Å². The van der Waals surface area contributed by atoms with Gasteiger partial charge in [0, 0.05) is 31.7 Å². The van der Waals surface area contributed by atoms with E-state index in [1.807, 2.05) is 38.1 Å². The van der Waals surface area contributed by atoms with Crippen LogP contribution < -0.4 is 4.74 Å². The Morgan fingerprint density at radius 1 is 1.21 bits per heavy atom. The molecule has 1 heterocycles. The molecule has 0 radical (unpaired) electrons. The molecule has 2 unspecified atom stereocenters. The topological polar surface area (TPSA) is 76.2 Å². The van der Waals surface area contributed by atoms with E-state index in [9.17, 15) is 13.2 Å². The number of morpholine rings is 1. The SMILES string of the molecule is C=CCN(Cc1ccc(OC)cc1)C(=O)c1ccc(Cl)c(S(=O)(=O)N2CC(C)OC(C)C2)c1. The van der Waals surface area contributed by atoms with Crippen LogP contribution >= 0.6 is 11.6 Å². The first kappa shape index (κ1) is 25.2. The van der Waals surface area contributed by atoms with Crippen molar-refractivity contribution in [2.75, 3.05) is 26.7 Å². The lowest BCUT2D eigenvalue weighted by molar-refractivity contribution is -0.0440. The van der Waals surface area contributed by atoms with Gasteiger partial charge in [-0.05, 0) is 49.7 Å². The smallest absolute Gasteiger partial charge is 0.254 e. The van der Waals surface area contributed by atoms with Crippen molar-refractivity contribution in [1.29, 1.82) is 0 Å².